The van der Waals surface area contributed by atoms with Gasteiger partial charge in [0.05, 0.1) is 18.7 Å². The van der Waals surface area contributed by atoms with E-state index >= 15 is 0 Å². The monoisotopic (exact) mass is 371 g/mol. The van der Waals surface area contributed by atoms with Crippen LogP contribution in [0.5, 0.6) is 5.75 Å². The molecule has 0 aliphatic rings. The SMILES string of the molecule is CC(=O)c1c(C)[nH]c(C(=O)COC(=O)CCOc2cc(C)ccc2C)c1C. The molecule has 0 aliphatic carbocycles. The van der Waals surface area contributed by atoms with Gasteiger partial charge in [0, 0.05) is 11.3 Å². The molecule has 1 aromatic heterocycles. The number of carbonyl (C=O) groups is 3. The highest BCUT2D eigenvalue weighted by Gasteiger charge is 2.20. The van der Waals surface area contributed by atoms with E-state index < -0.39 is 5.97 Å². The summed E-state index contributed by atoms with van der Waals surface area (Å²) in [6.07, 6.45) is 0.0437. The lowest BCUT2D eigenvalue weighted by Crippen LogP contribution is -2.17. The van der Waals surface area contributed by atoms with E-state index in [-0.39, 0.29) is 31.2 Å². The fourth-order valence-corrected chi connectivity index (χ4v) is 2.95. The minimum Gasteiger partial charge on any atom is -0.493 e. The summed E-state index contributed by atoms with van der Waals surface area (Å²) in [6.45, 7) is 8.58. The number of H-pyrrole nitrogens is 1. The van der Waals surface area contributed by atoms with E-state index in [1.165, 1.54) is 6.92 Å². The zero-order chi connectivity index (χ0) is 20.1. The minimum atomic E-state index is -0.513. The minimum absolute atomic E-state index is 0.0437. The van der Waals surface area contributed by atoms with Crippen LogP contribution in [0.15, 0.2) is 18.2 Å². The maximum Gasteiger partial charge on any atom is 0.309 e. The van der Waals surface area contributed by atoms with Crippen LogP contribution in [0.4, 0.5) is 0 Å². The van der Waals surface area contributed by atoms with E-state index in [0.29, 0.717) is 22.5 Å². The van der Waals surface area contributed by atoms with E-state index in [1.54, 1.807) is 13.8 Å². The number of carbonyl (C=O) groups excluding carboxylic acids is 3. The highest BCUT2D eigenvalue weighted by molar-refractivity contribution is 6.04. The summed E-state index contributed by atoms with van der Waals surface area (Å²) in [5.41, 5.74) is 4.09. The summed E-state index contributed by atoms with van der Waals surface area (Å²) in [5.74, 6) is -0.262. The molecule has 0 amide bonds. The number of nitrogens with one attached hydrogen (secondary N) is 1. The standard InChI is InChI=1S/C21H25NO5/c1-12-6-7-13(2)18(10-12)26-9-8-19(25)27-11-17(24)21-14(3)20(16(5)23)15(4)22-21/h6-7,10,22H,8-9,11H2,1-5H3. The van der Waals surface area contributed by atoms with Gasteiger partial charge < -0.3 is 14.5 Å². The number of hydrogen-bond donors (Lipinski definition) is 1. The third-order valence-corrected chi connectivity index (χ3v) is 4.34. The molecule has 1 aromatic carbocycles. The summed E-state index contributed by atoms with van der Waals surface area (Å²) in [7, 11) is 0. The van der Waals surface area contributed by atoms with Gasteiger partial charge in [-0.15, -0.1) is 0 Å². The summed E-state index contributed by atoms with van der Waals surface area (Å²) >= 11 is 0. The van der Waals surface area contributed by atoms with Crippen LogP contribution >= 0.6 is 0 Å². The first-order valence-electron chi connectivity index (χ1n) is 8.79. The average Bonchev–Trinajstić information content (AvgIpc) is 2.90. The summed E-state index contributed by atoms with van der Waals surface area (Å²) in [6, 6.07) is 5.86. The maximum absolute atomic E-state index is 12.3. The van der Waals surface area contributed by atoms with Crippen LogP contribution in [-0.2, 0) is 9.53 Å². The second-order valence-electron chi connectivity index (χ2n) is 6.63. The molecule has 1 heterocycles. The molecule has 144 valence electrons. The largest absolute Gasteiger partial charge is 0.493 e. The van der Waals surface area contributed by atoms with E-state index in [2.05, 4.69) is 4.98 Å². The number of benzene rings is 1. The molecule has 6 nitrogen and oxygen atoms in total. The van der Waals surface area contributed by atoms with E-state index in [9.17, 15) is 14.4 Å². The van der Waals surface area contributed by atoms with Crippen molar-refractivity contribution in [2.75, 3.05) is 13.2 Å². The first-order valence-corrected chi connectivity index (χ1v) is 8.79. The first kappa shape index (κ1) is 20.4. The summed E-state index contributed by atoms with van der Waals surface area (Å²) in [4.78, 5) is 38.7. The number of rotatable bonds is 8. The van der Waals surface area contributed by atoms with Crippen LogP contribution in [0.25, 0.3) is 0 Å². The third kappa shape index (κ3) is 5.06. The Hall–Kier alpha value is -2.89. The number of hydrogen-bond acceptors (Lipinski definition) is 5. The second kappa shape index (κ2) is 8.66. The summed E-state index contributed by atoms with van der Waals surface area (Å²) in [5, 5.41) is 0. The number of aromatic amines is 1. The van der Waals surface area contributed by atoms with Gasteiger partial charge in [0.25, 0.3) is 0 Å². The third-order valence-electron chi connectivity index (χ3n) is 4.34. The molecular formula is C21H25NO5. The van der Waals surface area contributed by atoms with Crippen LogP contribution in [0.3, 0.4) is 0 Å². The van der Waals surface area contributed by atoms with Crippen LogP contribution in [0.2, 0.25) is 0 Å². The van der Waals surface area contributed by atoms with Crippen molar-refractivity contribution in [3.8, 4) is 5.75 Å². The topological polar surface area (TPSA) is 85.5 Å². The van der Waals surface area contributed by atoms with Crippen LogP contribution in [0.1, 0.15) is 56.6 Å². The van der Waals surface area contributed by atoms with Crippen molar-refractivity contribution in [3.05, 3.63) is 51.8 Å². The lowest BCUT2D eigenvalue weighted by atomic mass is 10.1. The van der Waals surface area contributed by atoms with Gasteiger partial charge in [-0.2, -0.15) is 0 Å². The molecule has 2 rings (SSSR count). The van der Waals surface area contributed by atoms with Crippen molar-refractivity contribution < 1.29 is 23.9 Å². The Bertz CT molecular complexity index is 879. The Morgan fingerprint density at radius 1 is 1.07 bits per heavy atom. The lowest BCUT2D eigenvalue weighted by Gasteiger charge is -2.10. The molecule has 1 N–H and O–H groups in total. The fourth-order valence-electron chi connectivity index (χ4n) is 2.95. The Labute approximate surface area is 158 Å². The average molecular weight is 371 g/mol. The Balaban J connectivity index is 1.85. The highest BCUT2D eigenvalue weighted by atomic mass is 16.5. The van der Waals surface area contributed by atoms with Crippen molar-refractivity contribution in [1.29, 1.82) is 0 Å². The van der Waals surface area contributed by atoms with Crippen molar-refractivity contribution in [2.24, 2.45) is 0 Å². The molecule has 2 aromatic rings. The summed E-state index contributed by atoms with van der Waals surface area (Å²) < 4.78 is 10.7. The molecule has 0 aliphatic heterocycles. The van der Waals surface area contributed by atoms with Crippen LogP contribution in [0, 0.1) is 27.7 Å². The molecule has 0 radical (unpaired) electrons. The molecule has 6 heteroatoms. The molecule has 0 fully saturated rings. The van der Waals surface area contributed by atoms with Gasteiger partial charge in [-0.05, 0) is 57.4 Å². The molecule has 0 saturated heterocycles. The molecule has 0 bridgehead atoms. The second-order valence-corrected chi connectivity index (χ2v) is 6.63. The number of ketones is 2. The van der Waals surface area contributed by atoms with Gasteiger partial charge in [-0.3, -0.25) is 14.4 Å². The Kier molecular flexibility index (Phi) is 6.55. The van der Waals surface area contributed by atoms with E-state index in [0.717, 1.165) is 16.9 Å². The van der Waals surface area contributed by atoms with E-state index in [1.807, 2.05) is 32.0 Å². The number of esters is 1. The molecule has 0 spiro atoms. The smallest absolute Gasteiger partial charge is 0.309 e. The quantitative estimate of drug-likeness (QED) is 0.565. The first-order chi connectivity index (χ1) is 12.7. The molecule has 0 saturated carbocycles. The normalized spacial score (nSPS) is 10.6. The maximum atomic E-state index is 12.3. The van der Waals surface area contributed by atoms with Crippen molar-refractivity contribution >= 4 is 17.5 Å². The van der Waals surface area contributed by atoms with Gasteiger partial charge in [0.2, 0.25) is 5.78 Å². The molecule has 27 heavy (non-hydrogen) atoms. The van der Waals surface area contributed by atoms with Crippen LogP contribution < -0.4 is 4.74 Å². The van der Waals surface area contributed by atoms with Crippen molar-refractivity contribution in [2.45, 2.75) is 41.0 Å². The van der Waals surface area contributed by atoms with Gasteiger partial charge >= 0.3 is 5.97 Å². The fraction of sp³-hybridized carbons (Fsp3) is 0.381. The number of Topliss-reactive ketones (excluding diaryl/α,β-unsaturated/α-hetero) is 2. The number of aryl methyl sites for hydroxylation is 3. The zero-order valence-electron chi connectivity index (χ0n) is 16.4. The Morgan fingerprint density at radius 3 is 2.41 bits per heavy atom. The van der Waals surface area contributed by atoms with Crippen LogP contribution in [-0.4, -0.2) is 35.7 Å². The predicted molar refractivity (Wildman–Crippen MR) is 102 cm³/mol. The molecular weight excluding hydrogens is 346 g/mol. The molecule has 0 atom stereocenters. The van der Waals surface area contributed by atoms with Crippen molar-refractivity contribution in [1.82, 2.24) is 4.98 Å². The Morgan fingerprint density at radius 2 is 1.78 bits per heavy atom. The van der Waals surface area contributed by atoms with Gasteiger partial charge in [-0.1, -0.05) is 12.1 Å². The van der Waals surface area contributed by atoms with Gasteiger partial charge in [-0.25, -0.2) is 0 Å². The highest BCUT2D eigenvalue weighted by Crippen LogP contribution is 2.20. The van der Waals surface area contributed by atoms with Crippen molar-refractivity contribution in [3.63, 3.8) is 0 Å². The van der Waals surface area contributed by atoms with Gasteiger partial charge in [0.15, 0.2) is 12.4 Å². The van der Waals surface area contributed by atoms with E-state index in [4.69, 9.17) is 9.47 Å². The zero-order valence-corrected chi connectivity index (χ0v) is 16.4. The molecule has 0 unspecified atom stereocenters. The number of aromatic nitrogens is 1. The lowest BCUT2D eigenvalue weighted by molar-refractivity contribution is -0.143. The van der Waals surface area contributed by atoms with Gasteiger partial charge in [0.1, 0.15) is 5.75 Å². The predicted octanol–water partition coefficient (Wildman–Crippen LogP) is 3.65. The number of ether oxygens (including phenoxy) is 2.